The van der Waals surface area contributed by atoms with Crippen LogP contribution in [0.25, 0.3) is 10.9 Å². The van der Waals surface area contributed by atoms with Gasteiger partial charge in [-0.05, 0) is 12.1 Å². The third-order valence-electron chi connectivity index (χ3n) is 2.74. The Labute approximate surface area is 91.4 Å². The second-order valence-electron chi connectivity index (χ2n) is 3.92. The van der Waals surface area contributed by atoms with E-state index in [9.17, 15) is 9.50 Å². The molecule has 1 aliphatic rings. The van der Waals surface area contributed by atoms with Crippen molar-refractivity contribution < 1.29 is 9.50 Å². The average Bonchev–Trinajstić information content (AvgIpc) is 2.24. The maximum absolute atomic E-state index is 13.0. The van der Waals surface area contributed by atoms with Gasteiger partial charge in [0.1, 0.15) is 18.0 Å². The molecular formula is C11H10FN3O. The molecule has 5 heteroatoms. The number of aliphatic hydroxyl groups excluding tert-OH is 1. The van der Waals surface area contributed by atoms with E-state index in [0.717, 1.165) is 11.2 Å². The smallest absolute Gasteiger partial charge is 0.140 e. The van der Waals surface area contributed by atoms with Gasteiger partial charge in [0.25, 0.3) is 0 Å². The van der Waals surface area contributed by atoms with E-state index in [1.165, 1.54) is 18.5 Å². The molecule has 0 amide bonds. The van der Waals surface area contributed by atoms with Crippen molar-refractivity contribution >= 4 is 16.7 Å². The first-order valence-electron chi connectivity index (χ1n) is 5.07. The summed E-state index contributed by atoms with van der Waals surface area (Å²) in [5.74, 6) is 0.455. The van der Waals surface area contributed by atoms with Crippen LogP contribution in [-0.4, -0.2) is 34.3 Å². The molecule has 0 atom stereocenters. The van der Waals surface area contributed by atoms with Gasteiger partial charge in [-0.15, -0.1) is 0 Å². The van der Waals surface area contributed by atoms with Gasteiger partial charge >= 0.3 is 0 Å². The summed E-state index contributed by atoms with van der Waals surface area (Å²) in [5.41, 5.74) is 0.589. The number of hydrogen-bond acceptors (Lipinski definition) is 4. The van der Waals surface area contributed by atoms with Crippen LogP contribution in [0, 0.1) is 5.82 Å². The number of benzene rings is 1. The predicted molar refractivity (Wildman–Crippen MR) is 57.7 cm³/mol. The summed E-state index contributed by atoms with van der Waals surface area (Å²) >= 11 is 0. The van der Waals surface area contributed by atoms with Crippen molar-refractivity contribution in [2.24, 2.45) is 0 Å². The zero-order valence-electron chi connectivity index (χ0n) is 8.47. The minimum Gasteiger partial charge on any atom is -0.389 e. The number of nitrogens with zero attached hydrogens (tertiary/aromatic N) is 3. The lowest BCUT2D eigenvalue weighted by Crippen LogP contribution is -2.51. The molecule has 0 spiro atoms. The lowest BCUT2D eigenvalue weighted by molar-refractivity contribution is 0.141. The van der Waals surface area contributed by atoms with Gasteiger partial charge in [0.05, 0.1) is 11.6 Å². The van der Waals surface area contributed by atoms with Gasteiger partial charge in [-0.25, -0.2) is 14.4 Å². The fourth-order valence-corrected chi connectivity index (χ4v) is 1.90. The number of aromatic nitrogens is 2. The van der Waals surface area contributed by atoms with Crippen LogP contribution >= 0.6 is 0 Å². The third kappa shape index (κ3) is 1.40. The van der Waals surface area contributed by atoms with Crippen molar-refractivity contribution in [3.05, 3.63) is 30.3 Å². The molecule has 2 aromatic rings. The number of aliphatic hydroxyl groups is 1. The maximum Gasteiger partial charge on any atom is 0.140 e. The van der Waals surface area contributed by atoms with Gasteiger partial charge in [0.2, 0.25) is 0 Å². The Kier molecular flexibility index (Phi) is 2.00. The van der Waals surface area contributed by atoms with E-state index in [0.29, 0.717) is 18.6 Å². The highest BCUT2D eigenvalue weighted by Crippen LogP contribution is 2.26. The number of rotatable bonds is 1. The van der Waals surface area contributed by atoms with Gasteiger partial charge in [-0.3, -0.25) is 0 Å². The normalized spacial score (nSPS) is 16.5. The van der Waals surface area contributed by atoms with E-state index < -0.39 is 0 Å². The highest BCUT2D eigenvalue weighted by molar-refractivity contribution is 5.89. The predicted octanol–water partition coefficient (Wildman–Crippen LogP) is 0.950. The van der Waals surface area contributed by atoms with Crippen LogP contribution in [0.15, 0.2) is 24.5 Å². The highest BCUT2D eigenvalue weighted by Gasteiger charge is 2.26. The van der Waals surface area contributed by atoms with Gasteiger partial charge in [-0.1, -0.05) is 0 Å². The number of anilines is 1. The number of halogens is 1. The topological polar surface area (TPSA) is 49.2 Å². The second-order valence-corrected chi connectivity index (χ2v) is 3.92. The molecule has 0 aliphatic carbocycles. The molecule has 3 rings (SSSR count). The molecule has 1 N–H and O–H groups in total. The first kappa shape index (κ1) is 9.47. The van der Waals surface area contributed by atoms with E-state index in [1.54, 1.807) is 6.07 Å². The molecule has 0 saturated carbocycles. The molecule has 1 saturated heterocycles. The largest absolute Gasteiger partial charge is 0.389 e. The van der Waals surface area contributed by atoms with Gasteiger partial charge < -0.3 is 10.0 Å². The Balaban J connectivity index is 2.11. The number of β-amino-alcohol motifs (C(OH)–C–C–N with tert-alkyl or cyclic N) is 1. The molecular weight excluding hydrogens is 209 g/mol. The summed E-state index contributed by atoms with van der Waals surface area (Å²) in [7, 11) is 0. The first-order chi connectivity index (χ1) is 7.74. The van der Waals surface area contributed by atoms with E-state index in [4.69, 9.17) is 0 Å². The van der Waals surface area contributed by atoms with Crippen molar-refractivity contribution in [1.29, 1.82) is 0 Å². The van der Waals surface area contributed by atoms with Crippen LogP contribution in [0.1, 0.15) is 0 Å². The molecule has 4 nitrogen and oxygen atoms in total. The van der Waals surface area contributed by atoms with Crippen LogP contribution in [0.4, 0.5) is 10.2 Å². The minimum atomic E-state index is -0.305. The molecule has 2 heterocycles. The van der Waals surface area contributed by atoms with Gasteiger partial charge in [0, 0.05) is 24.5 Å². The Morgan fingerprint density at radius 1 is 1.31 bits per heavy atom. The van der Waals surface area contributed by atoms with Gasteiger partial charge in [-0.2, -0.15) is 0 Å². The standard InChI is InChI=1S/C11H10FN3O/c12-7-1-2-9-10(3-7)13-6-14-11(9)15-4-8(16)5-15/h1-3,6,8,16H,4-5H2. The summed E-state index contributed by atoms with van der Waals surface area (Å²) in [4.78, 5) is 10.1. The van der Waals surface area contributed by atoms with Crippen LogP contribution in [0.2, 0.25) is 0 Å². The summed E-state index contributed by atoms with van der Waals surface area (Å²) < 4.78 is 13.0. The van der Waals surface area contributed by atoms with E-state index in [2.05, 4.69) is 9.97 Å². The third-order valence-corrected chi connectivity index (χ3v) is 2.74. The lowest BCUT2D eigenvalue weighted by atomic mass is 10.1. The van der Waals surface area contributed by atoms with Crippen molar-refractivity contribution in [1.82, 2.24) is 9.97 Å². The van der Waals surface area contributed by atoms with E-state index >= 15 is 0 Å². The van der Waals surface area contributed by atoms with Crippen LogP contribution in [-0.2, 0) is 0 Å². The fourth-order valence-electron chi connectivity index (χ4n) is 1.90. The van der Waals surface area contributed by atoms with Crippen molar-refractivity contribution in [2.45, 2.75) is 6.10 Å². The van der Waals surface area contributed by atoms with Crippen molar-refractivity contribution in [2.75, 3.05) is 18.0 Å². The van der Waals surface area contributed by atoms with Crippen LogP contribution < -0.4 is 4.90 Å². The van der Waals surface area contributed by atoms with Gasteiger partial charge in [0.15, 0.2) is 0 Å². The highest BCUT2D eigenvalue weighted by atomic mass is 19.1. The zero-order valence-corrected chi connectivity index (χ0v) is 8.47. The lowest BCUT2D eigenvalue weighted by Gasteiger charge is -2.37. The number of hydrogen-bond donors (Lipinski definition) is 1. The minimum absolute atomic E-state index is 0.287. The SMILES string of the molecule is OC1CN(c2ncnc3cc(F)ccc23)C1. The summed E-state index contributed by atoms with van der Waals surface area (Å²) in [6.45, 7) is 1.15. The molecule has 0 bridgehead atoms. The van der Waals surface area contributed by atoms with Crippen LogP contribution in [0.3, 0.4) is 0 Å². The molecule has 1 fully saturated rings. The average molecular weight is 219 g/mol. The van der Waals surface area contributed by atoms with E-state index in [-0.39, 0.29) is 11.9 Å². The van der Waals surface area contributed by atoms with E-state index in [1.807, 2.05) is 4.90 Å². The molecule has 0 unspecified atom stereocenters. The summed E-state index contributed by atoms with van der Waals surface area (Å²) in [6.07, 6.45) is 1.13. The molecule has 1 aromatic carbocycles. The molecule has 1 aliphatic heterocycles. The van der Waals surface area contributed by atoms with Crippen LogP contribution in [0.5, 0.6) is 0 Å². The summed E-state index contributed by atoms with van der Waals surface area (Å²) in [6, 6.07) is 4.45. The first-order valence-corrected chi connectivity index (χ1v) is 5.07. The Hall–Kier alpha value is -1.75. The Morgan fingerprint density at radius 3 is 2.88 bits per heavy atom. The Morgan fingerprint density at radius 2 is 2.12 bits per heavy atom. The second kappa shape index (κ2) is 3.38. The monoisotopic (exact) mass is 219 g/mol. The quantitative estimate of drug-likeness (QED) is 0.775. The maximum atomic E-state index is 13.0. The fraction of sp³-hybridized carbons (Fsp3) is 0.273. The van der Waals surface area contributed by atoms with Crippen molar-refractivity contribution in [3.8, 4) is 0 Å². The number of fused-ring (bicyclic) bond motifs is 1. The Bertz CT molecular complexity index is 540. The molecule has 1 aromatic heterocycles. The molecule has 0 radical (unpaired) electrons. The molecule has 82 valence electrons. The zero-order chi connectivity index (χ0) is 11.1. The summed E-state index contributed by atoms with van der Waals surface area (Å²) in [5, 5.41) is 10.1. The van der Waals surface area contributed by atoms with Crippen molar-refractivity contribution in [3.63, 3.8) is 0 Å². The molecule has 16 heavy (non-hydrogen) atoms.